The summed E-state index contributed by atoms with van der Waals surface area (Å²) in [5.74, 6) is 0.163. The van der Waals surface area contributed by atoms with E-state index in [0.29, 0.717) is 11.4 Å². The summed E-state index contributed by atoms with van der Waals surface area (Å²) in [6, 6.07) is 16.1. The summed E-state index contributed by atoms with van der Waals surface area (Å²) in [5.41, 5.74) is 0.529. The van der Waals surface area contributed by atoms with Crippen LogP contribution >= 0.6 is 0 Å². The number of pyridine rings is 1. The number of fused-ring (bicyclic) bond motifs is 1. The number of carbonyl (C=O) groups excluding carboxylic acids is 1. The van der Waals surface area contributed by atoms with E-state index in [1.165, 1.54) is 16.7 Å². The second-order valence-corrected chi connectivity index (χ2v) is 8.99. The molecule has 0 fully saturated rings. The minimum Gasteiger partial charge on any atom is -0.306 e. The first-order valence-electron chi connectivity index (χ1n) is 9.28. The first kappa shape index (κ1) is 20.4. The number of nitrogens with zero attached hydrogens (tertiary/aromatic N) is 3. The number of anilines is 1. The molecular weight excluding hydrogens is 416 g/mol. The first-order chi connectivity index (χ1) is 14.8. The molecule has 0 bridgehead atoms. The number of hydrogen-bond donors (Lipinski definition) is 1. The average Bonchev–Trinajstić information content (AvgIpc) is 2.76. The summed E-state index contributed by atoms with van der Waals surface area (Å²) < 4.78 is 25.2. The van der Waals surface area contributed by atoms with Crippen molar-refractivity contribution in [2.45, 2.75) is 4.90 Å². The van der Waals surface area contributed by atoms with Gasteiger partial charge in [-0.1, -0.05) is 24.3 Å². The van der Waals surface area contributed by atoms with Crippen molar-refractivity contribution >= 4 is 32.5 Å². The number of aromatic nitrogens is 3. The number of hydrogen-bond acceptors (Lipinski definition) is 6. The Hall–Kier alpha value is -3.85. The minimum atomic E-state index is -3.44. The van der Waals surface area contributed by atoms with Gasteiger partial charge in [0, 0.05) is 25.1 Å². The van der Waals surface area contributed by atoms with Gasteiger partial charge in [-0.3, -0.25) is 14.2 Å². The van der Waals surface area contributed by atoms with Crippen molar-refractivity contribution < 1.29 is 13.2 Å². The highest BCUT2D eigenvalue weighted by molar-refractivity contribution is 7.90. The lowest BCUT2D eigenvalue weighted by Gasteiger charge is -2.12. The lowest BCUT2D eigenvalue weighted by atomic mass is 10.1. The van der Waals surface area contributed by atoms with Gasteiger partial charge in [-0.05, 0) is 36.4 Å². The third kappa shape index (κ3) is 3.95. The van der Waals surface area contributed by atoms with Gasteiger partial charge in [-0.15, -0.1) is 0 Å². The minimum absolute atomic E-state index is 0.112. The highest BCUT2D eigenvalue weighted by Gasteiger charge is 2.18. The van der Waals surface area contributed by atoms with Crippen LogP contribution in [0, 0.1) is 0 Å². The Morgan fingerprint density at radius 2 is 1.81 bits per heavy atom. The van der Waals surface area contributed by atoms with E-state index < -0.39 is 15.7 Å². The Kier molecular flexibility index (Phi) is 5.12. The molecule has 0 saturated carbocycles. The van der Waals surface area contributed by atoms with Gasteiger partial charge < -0.3 is 5.32 Å². The summed E-state index contributed by atoms with van der Waals surface area (Å²) in [5, 5.41) is 2.97. The second kappa shape index (κ2) is 7.77. The zero-order chi connectivity index (χ0) is 22.2. The molecular formula is C22H18N4O4S. The molecule has 1 amide bonds. The van der Waals surface area contributed by atoms with Crippen LogP contribution < -0.4 is 10.9 Å². The normalized spacial score (nSPS) is 11.4. The Balaban J connectivity index is 1.90. The standard InChI is InChI=1S/C22H18N4O4S/c1-26-20(14-7-5-8-15(13-14)31(2,29)30)25-19-16(9-6-10-17(19)22(26)28)21(27)24-18-11-3-4-12-23-18/h3-13H,1-2H3,(H,23,24,27). The van der Waals surface area contributed by atoms with Crippen LogP contribution in [-0.2, 0) is 16.9 Å². The topological polar surface area (TPSA) is 111 Å². The third-order valence-corrected chi connectivity index (χ3v) is 5.89. The van der Waals surface area contributed by atoms with Crippen molar-refractivity contribution in [1.29, 1.82) is 0 Å². The average molecular weight is 434 g/mol. The molecule has 0 atom stereocenters. The maximum Gasteiger partial charge on any atom is 0.261 e. The van der Waals surface area contributed by atoms with E-state index in [2.05, 4.69) is 15.3 Å². The smallest absolute Gasteiger partial charge is 0.261 e. The number of nitrogens with one attached hydrogen (secondary N) is 1. The van der Waals surface area contributed by atoms with E-state index in [1.54, 1.807) is 61.8 Å². The molecule has 0 aliphatic carbocycles. The Bertz CT molecular complexity index is 1480. The number of benzene rings is 2. The van der Waals surface area contributed by atoms with E-state index in [1.807, 2.05) is 0 Å². The predicted molar refractivity (Wildman–Crippen MR) is 118 cm³/mol. The summed E-state index contributed by atoms with van der Waals surface area (Å²) in [6.45, 7) is 0. The van der Waals surface area contributed by atoms with Crippen molar-refractivity contribution in [2.24, 2.45) is 7.05 Å². The molecule has 9 heteroatoms. The molecule has 0 unspecified atom stereocenters. The fraction of sp³-hybridized carbons (Fsp3) is 0.0909. The summed E-state index contributed by atoms with van der Waals surface area (Å²) in [4.78, 5) is 34.6. The molecule has 31 heavy (non-hydrogen) atoms. The molecule has 0 spiro atoms. The SMILES string of the molecule is Cn1c(-c2cccc(S(C)(=O)=O)c2)nc2c(C(=O)Nc3ccccn3)cccc2c1=O. The Labute approximate surface area is 178 Å². The van der Waals surface area contributed by atoms with Gasteiger partial charge in [-0.25, -0.2) is 18.4 Å². The van der Waals surface area contributed by atoms with Gasteiger partial charge in [0.2, 0.25) is 0 Å². The van der Waals surface area contributed by atoms with Crippen molar-refractivity contribution in [3.63, 3.8) is 0 Å². The number of amides is 1. The second-order valence-electron chi connectivity index (χ2n) is 6.97. The van der Waals surface area contributed by atoms with E-state index in [-0.39, 0.29) is 32.7 Å². The number of sulfone groups is 1. The van der Waals surface area contributed by atoms with Crippen molar-refractivity contribution in [1.82, 2.24) is 14.5 Å². The fourth-order valence-corrected chi connectivity index (χ4v) is 3.89. The van der Waals surface area contributed by atoms with E-state index in [9.17, 15) is 18.0 Å². The molecule has 0 radical (unpaired) electrons. The molecule has 8 nitrogen and oxygen atoms in total. The molecule has 0 aliphatic heterocycles. The van der Waals surface area contributed by atoms with Gasteiger partial charge in [0.1, 0.15) is 11.6 Å². The van der Waals surface area contributed by atoms with Crippen molar-refractivity contribution in [3.05, 3.63) is 82.8 Å². The molecule has 2 aromatic carbocycles. The van der Waals surface area contributed by atoms with Crippen molar-refractivity contribution in [3.8, 4) is 11.4 Å². The van der Waals surface area contributed by atoms with Crippen LogP contribution in [0.4, 0.5) is 5.82 Å². The van der Waals surface area contributed by atoms with Crippen LogP contribution in [0.5, 0.6) is 0 Å². The first-order valence-corrected chi connectivity index (χ1v) is 11.2. The monoisotopic (exact) mass is 434 g/mol. The van der Waals surface area contributed by atoms with E-state index >= 15 is 0 Å². The molecule has 4 aromatic rings. The predicted octanol–water partition coefficient (Wildman–Crippen LogP) is 2.65. The summed E-state index contributed by atoms with van der Waals surface area (Å²) in [7, 11) is -1.89. The Morgan fingerprint density at radius 3 is 2.52 bits per heavy atom. The molecule has 4 rings (SSSR count). The zero-order valence-corrected chi connectivity index (χ0v) is 17.6. The fourth-order valence-electron chi connectivity index (χ4n) is 3.22. The van der Waals surface area contributed by atoms with Crippen LogP contribution in [0.15, 0.2) is 76.6 Å². The van der Waals surface area contributed by atoms with Gasteiger partial charge in [0.25, 0.3) is 11.5 Å². The highest BCUT2D eigenvalue weighted by Crippen LogP contribution is 2.23. The van der Waals surface area contributed by atoms with Gasteiger partial charge in [0.05, 0.1) is 21.4 Å². The molecule has 0 saturated heterocycles. The van der Waals surface area contributed by atoms with Crippen LogP contribution in [0.25, 0.3) is 22.3 Å². The number of rotatable bonds is 4. The maximum absolute atomic E-state index is 13.0. The van der Waals surface area contributed by atoms with Gasteiger partial charge >= 0.3 is 0 Å². The van der Waals surface area contributed by atoms with Crippen LogP contribution in [0.3, 0.4) is 0 Å². The molecule has 1 N–H and O–H groups in total. The maximum atomic E-state index is 13.0. The van der Waals surface area contributed by atoms with Crippen LogP contribution in [-0.4, -0.2) is 35.1 Å². The quantitative estimate of drug-likeness (QED) is 0.529. The zero-order valence-electron chi connectivity index (χ0n) is 16.7. The molecule has 2 aromatic heterocycles. The largest absolute Gasteiger partial charge is 0.306 e. The molecule has 2 heterocycles. The third-order valence-electron chi connectivity index (χ3n) is 4.78. The van der Waals surface area contributed by atoms with Crippen LogP contribution in [0.2, 0.25) is 0 Å². The van der Waals surface area contributed by atoms with E-state index in [0.717, 1.165) is 6.26 Å². The number of carbonyl (C=O) groups is 1. The van der Waals surface area contributed by atoms with Crippen molar-refractivity contribution in [2.75, 3.05) is 11.6 Å². The highest BCUT2D eigenvalue weighted by atomic mass is 32.2. The summed E-state index contributed by atoms with van der Waals surface area (Å²) >= 11 is 0. The lowest BCUT2D eigenvalue weighted by molar-refractivity contribution is 0.102. The molecule has 0 aliphatic rings. The summed E-state index contributed by atoms with van der Waals surface area (Å²) in [6.07, 6.45) is 2.67. The van der Waals surface area contributed by atoms with Gasteiger partial charge in [-0.2, -0.15) is 0 Å². The van der Waals surface area contributed by atoms with E-state index in [4.69, 9.17) is 0 Å². The number of para-hydroxylation sites is 1. The van der Waals surface area contributed by atoms with Crippen LogP contribution in [0.1, 0.15) is 10.4 Å². The lowest BCUT2D eigenvalue weighted by Crippen LogP contribution is -2.22. The van der Waals surface area contributed by atoms with Gasteiger partial charge in [0.15, 0.2) is 9.84 Å². The molecule has 156 valence electrons. The Morgan fingerprint density at radius 1 is 1.03 bits per heavy atom.